The molecule has 0 radical (unpaired) electrons. The van der Waals surface area contributed by atoms with Crippen LogP contribution in [0.1, 0.15) is 58.8 Å². The van der Waals surface area contributed by atoms with Crippen molar-refractivity contribution >= 4 is 6.21 Å². The van der Waals surface area contributed by atoms with E-state index in [4.69, 9.17) is 5.73 Å². The van der Waals surface area contributed by atoms with E-state index in [-0.39, 0.29) is 12.3 Å². The van der Waals surface area contributed by atoms with Gasteiger partial charge in [-0.3, -0.25) is 9.89 Å². The summed E-state index contributed by atoms with van der Waals surface area (Å²) in [5.41, 5.74) is 5.91. The lowest BCUT2D eigenvalue weighted by molar-refractivity contribution is 0.194. The van der Waals surface area contributed by atoms with Crippen molar-refractivity contribution in [2.45, 2.75) is 71.1 Å². The van der Waals surface area contributed by atoms with E-state index in [1.54, 1.807) is 0 Å². The zero-order chi connectivity index (χ0) is 13.2. The van der Waals surface area contributed by atoms with Crippen LogP contribution in [0.4, 0.5) is 0 Å². The molecule has 18 heavy (non-hydrogen) atoms. The normalized spacial score (nSPS) is 22.1. The average molecular weight is 251 g/mol. The summed E-state index contributed by atoms with van der Waals surface area (Å²) in [5, 5.41) is 0. The summed E-state index contributed by atoms with van der Waals surface area (Å²) in [6, 6.07) is 0. The molecule has 0 aromatic heterocycles. The van der Waals surface area contributed by atoms with Gasteiger partial charge in [-0.05, 0) is 19.8 Å². The van der Waals surface area contributed by atoms with Crippen LogP contribution in [0, 0.1) is 0 Å². The fraction of sp³-hybridized carbons (Fsp3) is 0.800. The van der Waals surface area contributed by atoms with Crippen LogP contribution < -0.4 is 5.73 Å². The molecule has 0 aliphatic carbocycles. The van der Waals surface area contributed by atoms with Crippen LogP contribution in [-0.2, 0) is 0 Å². The molecule has 0 amide bonds. The number of nitrogens with zero attached hydrogens (tertiary/aromatic N) is 2. The summed E-state index contributed by atoms with van der Waals surface area (Å²) in [6.07, 6.45) is 15.9. The van der Waals surface area contributed by atoms with E-state index in [9.17, 15) is 0 Å². The number of unbranched alkanes of at least 4 members (excludes halogenated alkanes) is 5. The van der Waals surface area contributed by atoms with Crippen molar-refractivity contribution in [2.24, 2.45) is 10.7 Å². The fourth-order valence-corrected chi connectivity index (χ4v) is 2.31. The molecule has 0 bridgehead atoms. The Bertz CT molecular complexity index is 258. The first-order chi connectivity index (χ1) is 8.75. The lowest BCUT2D eigenvalue weighted by Gasteiger charge is -2.25. The van der Waals surface area contributed by atoms with Gasteiger partial charge >= 0.3 is 0 Å². The predicted octanol–water partition coefficient (Wildman–Crippen LogP) is 3.31. The Kier molecular flexibility index (Phi) is 7.94. The van der Waals surface area contributed by atoms with Gasteiger partial charge in [0.25, 0.3) is 0 Å². The summed E-state index contributed by atoms with van der Waals surface area (Å²) in [4.78, 5) is 6.69. The first kappa shape index (κ1) is 15.4. The minimum atomic E-state index is 0.0972. The molecule has 1 aliphatic rings. The molecule has 2 atom stereocenters. The summed E-state index contributed by atoms with van der Waals surface area (Å²) >= 11 is 0. The van der Waals surface area contributed by atoms with Gasteiger partial charge in [-0.1, -0.05) is 44.8 Å². The SMILES string of the molecule is CCCCCCC/C=C/CC1N=CCN1C(C)N. The Morgan fingerprint density at radius 1 is 1.33 bits per heavy atom. The van der Waals surface area contributed by atoms with Crippen LogP contribution in [-0.4, -0.2) is 30.0 Å². The maximum Gasteiger partial charge on any atom is 0.107 e. The highest BCUT2D eigenvalue weighted by atomic mass is 15.3. The van der Waals surface area contributed by atoms with Crippen molar-refractivity contribution in [3.8, 4) is 0 Å². The van der Waals surface area contributed by atoms with Crippen molar-refractivity contribution < 1.29 is 0 Å². The Balaban J connectivity index is 2.07. The minimum Gasteiger partial charge on any atom is -0.316 e. The van der Waals surface area contributed by atoms with E-state index in [1.807, 2.05) is 13.1 Å². The zero-order valence-corrected chi connectivity index (χ0v) is 12.0. The van der Waals surface area contributed by atoms with Crippen molar-refractivity contribution in [3.05, 3.63) is 12.2 Å². The van der Waals surface area contributed by atoms with E-state index >= 15 is 0 Å². The largest absolute Gasteiger partial charge is 0.316 e. The predicted molar refractivity (Wildman–Crippen MR) is 79.8 cm³/mol. The number of nitrogens with two attached hydrogens (primary N) is 1. The van der Waals surface area contributed by atoms with Crippen molar-refractivity contribution in [3.63, 3.8) is 0 Å². The molecule has 0 aromatic carbocycles. The highest BCUT2D eigenvalue weighted by Crippen LogP contribution is 2.13. The highest BCUT2D eigenvalue weighted by molar-refractivity contribution is 5.62. The van der Waals surface area contributed by atoms with Gasteiger partial charge in [0.2, 0.25) is 0 Å². The molecular weight excluding hydrogens is 222 g/mol. The smallest absolute Gasteiger partial charge is 0.107 e. The van der Waals surface area contributed by atoms with Crippen molar-refractivity contribution in [2.75, 3.05) is 6.54 Å². The molecule has 0 aromatic rings. The van der Waals surface area contributed by atoms with Crippen molar-refractivity contribution in [1.29, 1.82) is 0 Å². The van der Waals surface area contributed by atoms with Crippen LogP contribution in [0.15, 0.2) is 17.1 Å². The second-order valence-electron chi connectivity index (χ2n) is 5.16. The maximum absolute atomic E-state index is 5.91. The van der Waals surface area contributed by atoms with E-state index < -0.39 is 0 Å². The van der Waals surface area contributed by atoms with Gasteiger partial charge in [0.15, 0.2) is 0 Å². The monoisotopic (exact) mass is 251 g/mol. The third-order valence-corrected chi connectivity index (χ3v) is 3.46. The second-order valence-corrected chi connectivity index (χ2v) is 5.16. The van der Waals surface area contributed by atoms with Gasteiger partial charge in [-0.2, -0.15) is 0 Å². The summed E-state index contributed by atoms with van der Waals surface area (Å²) in [7, 11) is 0. The highest BCUT2D eigenvalue weighted by Gasteiger charge is 2.22. The number of rotatable bonds is 9. The van der Waals surface area contributed by atoms with Crippen LogP contribution >= 0.6 is 0 Å². The van der Waals surface area contributed by atoms with Crippen LogP contribution in [0.5, 0.6) is 0 Å². The summed E-state index contributed by atoms with van der Waals surface area (Å²) in [6.45, 7) is 5.18. The molecular formula is C15H29N3. The minimum absolute atomic E-state index is 0.0972. The second kappa shape index (κ2) is 9.29. The fourth-order valence-electron chi connectivity index (χ4n) is 2.31. The number of hydrogen-bond acceptors (Lipinski definition) is 3. The third kappa shape index (κ3) is 5.78. The Morgan fingerprint density at radius 3 is 2.83 bits per heavy atom. The molecule has 0 saturated carbocycles. The molecule has 0 fully saturated rings. The van der Waals surface area contributed by atoms with Crippen LogP contribution in [0.25, 0.3) is 0 Å². The molecule has 3 heteroatoms. The van der Waals surface area contributed by atoms with Gasteiger partial charge in [0.1, 0.15) is 6.17 Å². The van der Waals surface area contributed by atoms with E-state index in [0.717, 1.165) is 13.0 Å². The molecule has 2 unspecified atom stereocenters. The number of allylic oxidation sites excluding steroid dienone is 1. The van der Waals surface area contributed by atoms with Crippen molar-refractivity contribution in [1.82, 2.24) is 4.90 Å². The number of hydrogen-bond donors (Lipinski definition) is 1. The molecule has 3 nitrogen and oxygen atoms in total. The first-order valence-corrected chi connectivity index (χ1v) is 7.43. The van der Waals surface area contributed by atoms with Crippen LogP contribution in [0.3, 0.4) is 0 Å². The zero-order valence-electron chi connectivity index (χ0n) is 12.0. The molecule has 104 valence electrons. The molecule has 1 rings (SSSR count). The average Bonchev–Trinajstić information content (AvgIpc) is 2.81. The summed E-state index contributed by atoms with van der Waals surface area (Å²) in [5.74, 6) is 0. The lowest BCUT2D eigenvalue weighted by atomic mass is 10.1. The molecule has 1 heterocycles. The van der Waals surface area contributed by atoms with Gasteiger partial charge < -0.3 is 5.73 Å². The van der Waals surface area contributed by atoms with E-state index in [1.165, 1.54) is 38.5 Å². The maximum atomic E-state index is 5.91. The number of aliphatic imine (C=N–C) groups is 1. The molecule has 0 saturated heterocycles. The molecule has 2 N–H and O–H groups in total. The molecule has 1 aliphatic heterocycles. The van der Waals surface area contributed by atoms with E-state index in [2.05, 4.69) is 29.0 Å². The van der Waals surface area contributed by atoms with E-state index in [0.29, 0.717) is 0 Å². The standard InChI is InChI=1S/C15H29N3/c1-3-4-5-6-7-8-9-10-11-15-17-12-13-18(15)14(2)16/h9-10,12,14-15H,3-8,11,13,16H2,1-2H3/b10-9+. The van der Waals surface area contributed by atoms with Gasteiger partial charge in [-0.25, -0.2) is 0 Å². The van der Waals surface area contributed by atoms with Crippen LogP contribution in [0.2, 0.25) is 0 Å². The van der Waals surface area contributed by atoms with Gasteiger partial charge in [0.05, 0.1) is 6.17 Å². The van der Waals surface area contributed by atoms with Gasteiger partial charge in [0, 0.05) is 19.2 Å². The quantitative estimate of drug-likeness (QED) is 0.504. The van der Waals surface area contributed by atoms with Gasteiger partial charge in [-0.15, -0.1) is 0 Å². The summed E-state index contributed by atoms with van der Waals surface area (Å²) < 4.78 is 0. The Morgan fingerprint density at radius 2 is 2.11 bits per heavy atom. The topological polar surface area (TPSA) is 41.6 Å². The third-order valence-electron chi connectivity index (χ3n) is 3.46. The Hall–Kier alpha value is -0.670. The lowest BCUT2D eigenvalue weighted by Crippen LogP contribution is -2.43. The Labute approximate surface area is 112 Å². The molecule has 0 spiro atoms. The first-order valence-electron chi connectivity index (χ1n) is 7.43.